The van der Waals surface area contributed by atoms with Crippen LogP contribution in [0.5, 0.6) is 0 Å². The molecule has 1 atom stereocenters. The zero-order valence-corrected chi connectivity index (χ0v) is 21.9. The summed E-state index contributed by atoms with van der Waals surface area (Å²) in [4.78, 5) is 13.4. The normalized spacial score (nSPS) is 12.1. The average Bonchev–Trinajstić information content (AvgIpc) is 2.73. The first kappa shape index (κ1) is 33.2. The first-order valence-electron chi connectivity index (χ1n) is 13.6. The van der Waals surface area contributed by atoms with Crippen LogP contribution in [0.15, 0.2) is 0 Å². The van der Waals surface area contributed by atoms with E-state index in [0.717, 1.165) is 19.5 Å². The van der Waals surface area contributed by atoms with E-state index in [0.29, 0.717) is 6.04 Å². The summed E-state index contributed by atoms with van der Waals surface area (Å²) in [5.74, 6) is -0.909. The van der Waals surface area contributed by atoms with Crippen LogP contribution in [0.3, 0.4) is 0 Å². The number of unbranched alkanes of at least 4 members (excludes halogenated alkanes) is 16. The van der Waals surface area contributed by atoms with E-state index in [2.05, 4.69) is 25.7 Å². The number of aliphatic carboxylic acids is 1. The Balaban J connectivity index is 0. The molecule has 3 nitrogen and oxygen atoms in total. The molecule has 0 saturated heterocycles. The fraction of sp³-hybridized carbons (Fsp3) is 0.963. The summed E-state index contributed by atoms with van der Waals surface area (Å²) in [5, 5.41) is 10.8. The Kier molecular flexibility index (Phi) is 28.1. The van der Waals surface area contributed by atoms with Crippen molar-refractivity contribution in [2.75, 3.05) is 13.1 Å². The molecule has 0 fully saturated rings. The number of nitrogens with zero attached hydrogens (tertiary/aromatic N) is 1. The SMILES string of the molecule is CCCCCCCCCCCN(CCCCCCCCCCC)C(C)CCC(=O)[O-].[Li+]. The van der Waals surface area contributed by atoms with Crippen molar-refractivity contribution in [3.05, 3.63) is 0 Å². The number of carboxylic acids is 1. The van der Waals surface area contributed by atoms with Crippen LogP contribution < -0.4 is 24.0 Å². The third kappa shape index (κ3) is 24.5. The average molecular weight is 432 g/mol. The number of carbonyl (C=O) groups is 1. The van der Waals surface area contributed by atoms with E-state index >= 15 is 0 Å². The standard InChI is InChI=1S/C27H55NO2.Li/c1-4-6-8-10-12-14-16-18-20-24-28(26(3)22-23-27(29)30)25-21-19-17-15-13-11-9-7-5-2;/h26H,4-25H2,1-3H3,(H,29,30);/q;+1/p-1. The van der Waals surface area contributed by atoms with E-state index < -0.39 is 5.97 Å². The molecule has 0 heterocycles. The van der Waals surface area contributed by atoms with Crippen LogP contribution >= 0.6 is 0 Å². The van der Waals surface area contributed by atoms with E-state index in [9.17, 15) is 9.90 Å². The van der Waals surface area contributed by atoms with Gasteiger partial charge in [-0.3, -0.25) is 0 Å². The van der Waals surface area contributed by atoms with Crippen molar-refractivity contribution in [3.8, 4) is 0 Å². The van der Waals surface area contributed by atoms with Gasteiger partial charge in [-0.15, -0.1) is 0 Å². The molecule has 0 aliphatic rings. The van der Waals surface area contributed by atoms with Gasteiger partial charge in [-0.25, -0.2) is 0 Å². The second-order valence-electron chi connectivity index (χ2n) is 9.45. The fourth-order valence-electron chi connectivity index (χ4n) is 4.31. The zero-order chi connectivity index (χ0) is 22.3. The molecule has 180 valence electrons. The minimum Gasteiger partial charge on any atom is -0.550 e. The topological polar surface area (TPSA) is 43.4 Å². The zero-order valence-electron chi connectivity index (χ0n) is 21.9. The van der Waals surface area contributed by atoms with Crippen molar-refractivity contribution < 1.29 is 28.8 Å². The fourth-order valence-corrected chi connectivity index (χ4v) is 4.31. The van der Waals surface area contributed by atoms with Crippen molar-refractivity contribution in [1.82, 2.24) is 4.90 Å². The molecule has 1 unspecified atom stereocenters. The van der Waals surface area contributed by atoms with E-state index in [4.69, 9.17) is 0 Å². The van der Waals surface area contributed by atoms with Gasteiger partial charge < -0.3 is 14.8 Å². The maximum Gasteiger partial charge on any atom is 1.00 e. The van der Waals surface area contributed by atoms with Gasteiger partial charge in [0.2, 0.25) is 0 Å². The minimum atomic E-state index is -0.909. The molecule has 31 heavy (non-hydrogen) atoms. The van der Waals surface area contributed by atoms with Gasteiger partial charge in [-0.2, -0.15) is 0 Å². The monoisotopic (exact) mass is 431 g/mol. The third-order valence-corrected chi connectivity index (χ3v) is 6.49. The van der Waals surface area contributed by atoms with E-state index in [-0.39, 0.29) is 25.3 Å². The molecule has 0 bridgehead atoms. The second-order valence-corrected chi connectivity index (χ2v) is 9.45. The molecule has 0 amide bonds. The van der Waals surface area contributed by atoms with Crippen molar-refractivity contribution in [3.63, 3.8) is 0 Å². The van der Waals surface area contributed by atoms with Gasteiger partial charge in [0.05, 0.1) is 0 Å². The summed E-state index contributed by atoms with van der Waals surface area (Å²) >= 11 is 0. The van der Waals surface area contributed by atoms with Crippen molar-refractivity contribution in [1.29, 1.82) is 0 Å². The number of carbonyl (C=O) groups excluding carboxylic acids is 1. The molecular formula is C27H54LiNO2. The Morgan fingerprint density at radius 1 is 0.645 bits per heavy atom. The Labute approximate surface area is 207 Å². The van der Waals surface area contributed by atoms with Crippen LogP contribution in [0.4, 0.5) is 0 Å². The van der Waals surface area contributed by atoms with Gasteiger partial charge in [0, 0.05) is 12.0 Å². The van der Waals surface area contributed by atoms with Gasteiger partial charge in [0.25, 0.3) is 0 Å². The molecule has 0 aliphatic carbocycles. The Morgan fingerprint density at radius 3 is 1.29 bits per heavy atom. The van der Waals surface area contributed by atoms with Crippen LogP contribution in [-0.2, 0) is 4.79 Å². The predicted octanol–water partition coefficient (Wildman–Crippen LogP) is 4.27. The summed E-state index contributed by atoms with van der Waals surface area (Å²) < 4.78 is 0. The Bertz CT molecular complexity index is 343. The van der Waals surface area contributed by atoms with Crippen LogP contribution in [-0.4, -0.2) is 30.0 Å². The van der Waals surface area contributed by atoms with Gasteiger partial charge in [-0.1, -0.05) is 117 Å². The molecule has 0 aromatic rings. The predicted molar refractivity (Wildman–Crippen MR) is 130 cm³/mol. The smallest absolute Gasteiger partial charge is 0.550 e. The molecule has 0 N–H and O–H groups in total. The summed E-state index contributed by atoms with van der Waals surface area (Å²) in [6.45, 7) is 9.00. The second kappa shape index (κ2) is 26.3. The van der Waals surface area contributed by atoms with Crippen LogP contribution in [0.25, 0.3) is 0 Å². The molecule has 0 rings (SSSR count). The molecule has 0 aliphatic heterocycles. The molecule has 0 saturated carbocycles. The van der Waals surface area contributed by atoms with Crippen molar-refractivity contribution >= 4 is 5.97 Å². The van der Waals surface area contributed by atoms with Crippen LogP contribution in [0.1, 0.15) is 149 Å². The third-order valence-electron chi connectivity index (χ3n) is 6.49. The van der Waals surface area contributed by atoms with Crippen molar-refractivity contribution in [2.45, 2.75) is 155 Å². The summed E-state index contributed by atoms with van der Waals surface area (Å²) in [6, 6.07) is 0.353. The number of hydrogen-bond donors (Lipinski definition) is 0. The maximum atomic E-state index is 10.8. The molecule has 0 radical (unpaired) electrons. The largest absolute Gasteiger partial charge is 1.00 e. The summed E-state index contributed by atoms with van der Waals surface area (Å²) in [6.07, 6.45) is 25.3. The first-order chi connectivity index (χ1) is 14.6. The Hall–Kier alpha value is 0.0274. The molecule has 0 aromatic carbocycles. The van der Waals surface area contributed by atoms with Crippen LogP contribution in [0.2, 0.25) is 0 Å². The van der Waals surface area contributed by atoms with Crippen LogP contribution in [0, 0.1) is 0 Å². The molecule has 0 aromatic heterocycles. The number of carboxylic acid groups (broad SMARTS) is 1. The quantitative estimate of drug-likeness (QED) is 0.169. The summed E-state index contributed by atoms with van der Waals surface area (Å²) in [7, 11) is 0. The number of hydrogen-bond acceptors (Lipinski definition) is 3. The molecule has 0 spiro atoms. The van der Waals surface area contributed by atoms with E-state index in [1.807, 2.05) is 0 Å². The van der Waals surface area contributed by atoms with Gasteiger partial charge in [-0.05, 0) is 45.7 Å². The number of rotatable bonds is 24. The maximum absolute atomic E-state index is 10.8. The minimum absolute atomic E-state index is 0. The molecule has 4 heteroatoms. The van der Waals surface area contributed by atoms with Crippen molar-refractivity contribution in [2.24, 2.45) is 0 Å². The van der Waals surface area contributed by atoms with E-state index in [1.54, 1.807) is 0 Å². The first-order valence-corrected chi connectivity index (χ1v) is 13.6. The van der Waals surface area contributed by atoms with E-state index in [1.165, 1.54) is 116 Å². The van der Waals surface area contributed by atoms with Gasteiger partial charge in [0.1, 0.15) is 0 Å². The Morgan fingerprint density at radius 2 is 0.968 bits per heavy atom. The van der Waals surface area contributed by atoms with Gasteiger partial charge >= 0.3 is 18.9 Å². The summed E-state index contributed by atoms with van der Waals surface area (Å²) in [5.41, 5.74) is 0. The molecular weight excluding hydrogens is 377 g/mol. The van der Waals surface area contributed by atoms with Gasteiger partial charge in [0.15, 0.2) is 0 Å².